The molecule has 3 heteroatoms. The Labute approximate surface area is 134 Å². The lowest BCUT2D eigenvalue weighted by Crippen LogP contribution is -2.24. The molecule has 2 N–H and O–H groups in total. The van der Waals surface area contributed by atoms with Gasteiger partial charge in [0.15, 0.2) is 0 Å². The summed E-state index contributed by atoms with van der Waals surface area (Å²) in [6.45, 7) is 7.99. The van der Waals surface area contributed by atoms with Gasteiger partial charge in [-0.1, -0.05) is 44.1 Å². The molecule has 1 aromatic rings. The summed E-state index contributed by atoms with van der Waals surface area (Å²) in [5, 5.41) is 0. The van der Waals surface area contributed by atoms with E-state index in [-0.39, 0.29) is 0 Å². The number of nitrogens with two attached hydrogens (primary N) is 1. The van der Waals surface area contributed by atoms with E-state index < -0.39 is 0 Å². The lowest BCUT2D eigenvalue weighted by molar-refractivity contribution is 0.271. The molecule has 2 nitrogen and oxygen atoms in total. The summed E-state index contributed by atoms with van der Waals surface area (Å²) >= 11 is 5.05. The summed E-state index contributed by atoms with van der Waals surface area (Å²) in [5.74, 6) is 0.943. The zero-order valence-corrected chi connectivity index (χ0v) is 14.2. The summed E-state index contributed by atoms with van der Waals surface area (Å²) < 4.78 is 0. The molecule has 0 radical (unpaired) electrons. The molecular formula is C18H28N2S. The van der Waals surface area contributed by atoms with Gasteiger partial charge >= 0.3 is 0 Å². The van der Waals surface area contributed by atoms with Crippen molar-refractivity contribution in [3.8, 4) is 0 Å². The Morgan fingerprint density at radius 3 is 2.81 bits per heavy atom. The first-order valence-corrected chi connectivity index (χ1v) is 8.62. The highest BCUT2D eigenvalue weighted by Crippen LogP contribution is 2.23. The van der Waals surface area contributed by atoms with Crippen molar-refractivity contribution in [2.45, 2.75) is 52.5 Å². The smallest absolute Gasteiger partial charge is 0.103 e. The average Bonchev–Trinajstić information content (AvgIpc) is 2.67. The molecule has 1 saturated heterocycles. The third-order valence-corrected chi connectivity index (χ3v) is 4.89. The molecule has 0 aliphatic carbocycles. The average molecular weight is 305 g/mol. The summed E-state index contributed by atoms with van der Waals surface area (Å²) in [4.78, 5) is 3.10. The van der Waals surface area contributed by atoms with Crippen LogP contribution in [0.3, 0.4) is 0 Å². The van der Waals surface area contributed by atoms with E-state index in [0.717, 1.165) is 18.0 Å². The highest BCUT2D eigenvalue weighted by molar-refractivity contribution is 7.80. The van der Waals surface area contributed by atoms with Crippen molar-refractivity contribution in [2.75, 3.05) is 13.1 Å². The topological polar surface area (TPSA) is 29.3 Å². The minimum Gasteiger partial charge on any atom is -0.389 e. The van der Waals surface area contributed by atoms with Crippen LogP contribution in [0, 0.1) is 12.8 Å². The van der Waals surface area contributed by atoms with Crippen LogP contribution in [-0.4, -0.2) is 23.0 Å². The van der Waals surface area contributed by atoms with Crippen molar-refractivity contribution < 1.29 is 0 Å². The Balaban J connectivity index is 1.97. The number of thiocarbonyl (C=S) groups is 1. The molecule has 0 amide bonds. The molecule has 1 atom stereocenters. The maximum atomic E-state index is 5.70. The number of nitrogens with zero attached hydrogens (tertiary/aromatic N) is 1. The maximum Gasteiger partial charge on any atom is 0.103 e. The molecule has 116 valence electrons. The normalized spacial score (nSPS) is 20.2. The molecule has 0 bridgehead atoms. The van der Waals surface area contributed by atoms with E-state index in [4.69, 9.17) is 18.0 Å². The van der Waals surface area contributed by atoms with Crippen LogP contribution in [0.15, 0.2) is 18.2 Å². The van der Waals surface area contributed by atoms with E-state index in [0.29, 0.717) is 4.99 Å². The fourth-order valence-corrected chi connectivity index (χ4v) is 3.47. The molecule has 1 aromatic carbocycles. The van der Waals surface area contributed by atoms with Gasteiger partial charge in [-0.2, -0.15) is 0 Å². The predicted octanol–water partition coefficient (Wildman–Crippen LogP) is 4.03. The van der Waals surface area contributed by atoms with Crippen LogP contribution in [-0.2, 0) is 6.54 Å². The van der Waals surface area contributed by atoms with Crippen LogP contribution in [0.2, 0.25) is 0 Å². The molecule has 1 unspecified atom stereocenters. The third kappa shape index (κ3) is 4.79. The van der Waals surface area contributed by atoms with Gasteiger partial charge in [0.2, 0.25) is 0 Å². The standard InChI is InChI=1S/C18H28N2S/c1-3-5-15-6-4-10-20(11-9-15)13-17-8-7-16(18(19)21)12-14(17)2/h7-8,12,15H,3-6,9-11,13H2,1-2H3,(H2,19,21). The molecule has 21 heavy (non-hydrogen) atoms. The lowest BCUT2D eigenvalue weighted by atomic mass is 9.96. The number of benzene rings is 1. The van der Waals surface area contributed by atoms with Gasteiger partial charge in [-0.05, 0) is 62.4 Å². The zero-order chi connectivity index (χ0) is 15.2. The van der Waals surface area contributed by atoms with Crippen LogP contribution >= 0.6 is 12.2 Å². The van der Waals surface area contributed by atoms with Gasteiger partial charge < -0.3 is 5.73 Å². The minimum absolute atomic E-state index is 0.488. The lowest BCUT2D eigenvalue weighted by Gasteiger charge is -2.21. The third-order valence-electron chi connectivity index (χ3n) is 4.66. The van der Waals surface area contributed by atoms with Crippen LogP contribution in [0.1, 0.15) is 55.7 Å². The quantitative estimate of drug-likeness (QED) is 0.833. The minimum atomic E-state index is 0.488. The first kappa shape index (κ1) is 16.4. The molecule has 1 heterocycles. The second kappa shape index (κ2) is 7.90. The van der Waals surface area contributed by atoms with E-state index in [1.807, 2.05) is 0 Å². The fourth-order valence-electron chi connectivity index (χ4n) is 3.35. The molecule has 1 aliphatic heterocycles. The van der Waals surface area contributed by atoms with Gasteiger partial charge in [-0.25, -0.2) is 0 Å². The zero-order valence-electron chi connectivity index (χ0n) is 13.4. The number of hydrogen-bond donors (Lipinski definition) is 1. The van der Waals surface area contributed by atoms with Crippen LogP contribution in [0.4, 0.5) is 0 Å². The Morgan fingerprint density at radius 2 is 2.14 bits per heavy atom. The van der Waals surface area contributed by atoms with Gasteiger partial charge in [0.05, 0.1) is 0 Å². The molecule has 2 rings (SSSR count). The molecule has 0 spiro atoms. The van der Waals surface area contributed by atoms with Gasteiger partial charge in [-0.15, -0.1) is 0 Å². The Morgan fingerprint density at radius 1 is 1.33 bits per heavy atom. The number of aryl methyl sites for hydroxylation is 1. The Hall–Kier alpha value is -0.930. The number of likely N-dealkylation sites (tertiary alicyclic amines) is 1. The van der Waals surface area contributed by atoms with Crippen molar-refractivity contribution in [2.24, 2.45) is 11.7 Å². The van der Waals surface area contributed by atoms with Crippen LogP contribution < -0.4 is 5.73 Å². The summed E-state index contributed by atoms with van der Waals surface area (Å²) in [5.41, 5.74) is 9.39. The van der Waals surface area contributed by atoms with E-state index in [1.165, 1.54) is 56.3 Å². The Kier molecular flexibility index (Phi) is 6.19. The highest BCUT2D eigenvalue weighted by atomic mass is 32.1. The second-order valence-corrected chi connectivity index (χ2v) is 6.81. The van der Waals surface area contributed by atoms with Gasteiger partial charge in [-0.3, -0.25) is 4.90 Å². The van der Waals surface area contributed by atoms with Crippen molar-refractivity contribution in [1.82, 2.24) is 4.90 Å². The molecule has 1 aliphatic rings. The van der Waals surface area contributed by atoms with Gasteiger partial charge in [0, 0.05) is 12.1 Å². The summed E-state index contributed by atoms with van der Waals surface area (Å²) in [7, 11) is 0. The molecular weight excluding hydrogens is 276 g/mol. The van der Waals surface area contributed by atoms with Crippen molar-refractivity contribution in [3.05, 3.63) is 34.9 Å². The molecule has 0 aromatic heterocycles. The summed E-state index contributed by atoms with van der Waals surface area (Å²) in [6, 6.07) is 6.37. The van der Waals surface area contributed by atoms with E-state index in [1.54, 1.807) is 0 Å². The predicted molar refractivity (Wildman–Crippen MR) is 94.6 cm³/mol. The highest BCUT2D eigenvalue weighted by Gasteiger charge is 2.17. The summed E-state index contributed by atoms with van der Waals surface area (Å²) in [6.07, 6.45) is 6.83. The number of rotatable bonds is 5. The first-order valence-electron chi connectivity index (χ1n) is 8.21. The monoisotopic (exact) mass is 304 g/mol. The van der Waals surface area contributed by atoms with Gasteiger partial charge in [0.1, 0.15) is 4.99 Å². The Bertz CT molecular complexity index is 484. The molecule has 0 saturated carbocycles. The molecule has 1 fully saturated rings. The van der Waals surface area contributed by atoms with Crippen molar-refractivity contribution in [3.63, 3.8) is 0 Å². The van der Waals surface area contributed by atoms with Crippen molar-refractivity contribution >= 4 is 17.2 Å². The van der Waals surface area contributed by atoms with Crippen LogP contribution in [0.5, 0.6) is 0 Å². The van der Waals surface area contributed by atoms with Crippen LogP contribution in [0.25, 0.3) is 0 Å². The SMILES string of the molecule is CCCC1CCCN(Cc2ccc(C(N)=S)cc2C)CC1. The number of hydrogen-bond acceptors (Lipinski definition) is 2. The van der Waals surface area contributed by atoms with E-state index >= 15 is 0 Å². The second-order valence-electron chi connectivity index (χ2n) is 6.37. The van der Waals surface area contributed by atoms with E-state index in [9.17, 15) is 0 Å². The van der Waals surface area contributed by atoms with E-state index in [2.05, 4.69) is 36.9 Å². The first-order chi connectivity index (χ1) is 10.1. The maximum absolute atomic E-state index is 5.70. The van der Waals surface area contributed by atoms with Gasteiger partial charge in [0.25, 0.3) is 0 Å². The fraction of sp³-hybridized carbons (Fsp3) is 0.611. The largest absolute Gasteiger partial charge is 0.389 e. The van der Waals surface area contributed by atoms with Crippen molar-refractivity contribution in [1.29, 1.82) is 0 Å².